The first kappa shape index (κ1) is 13.5. The number of piperidine rings is 1. The number of likely N-dealkylation sites (tertiary alicyclic amines) is 1. The lowest BCUT2D eigenvalue weighted by Gasteiger charge is -2.34. The molecule has 16 heavy (non-hydrogen) atoms. The standard InChI is InChI=1S/C12H23NO3/c1-4-15-11-6-8-13(9-7-11)10(3)12(14)16-5-2/h10-11H,4-9H2,1-3H3. The van der Waals surface area contributed by atoms with E-state index in [1.165, 1.54) is 0 Å². The van der Waals surface area contributed by atoms with E-state index in [4.69, 9.17) is 9.47 Å². The lowest BCUT2D eigenvalue weighted by Crippen LogP contribution is -2.46. The summed E-state index contributed by atoms with van der Waals surface area (Å²) < 4.78 is 10.6. The number of esters is 1. The van der Waals surface area contributed by atoms with E-state index in [1.807, 2.05) is 20.8 Å². The van der Waals surface area contributed by atoms with Crippen LogP contribution in [-0.4, -0.2) is 49.3 Å². The van der Waals surface area contributed by atoms with E-state index >= 15 is 0 Å². The van der Waals surface area contributed by atoms with Crippen LogP contribution >= 0.6 is 0 Å². The SMILES string of the molecule is CCOC(=O)C(C)N1CCC(OCC)CC1. The second-order valence-electron chi connectivity index (χ2n) is 4.12. The van der Waals surface area contributed by atoms with E-state index in [1.54, 1.807) is 0 Å². The van der Waals surface area contributed by atoms with Gasteiger partial charge in [-0.2, -0.15) is 0 Å². The van der Waals surface area contributed by atoms with E-state index in [0.717, 1.165) is 32.5 Å². The molecule has 1 unspecified atom stereocenters. The van der Waals surface area contributed by atoms with Gasteiger partial charge in [-0.05, 0) is 33.6 Å². The van der Waals surface area contributed by atoms with E-state index in [0.29, 0.717) is 12.7 Å². The predicted molar refractivity (Wildman–Crippen MR) is 62.3 cm³/mol. The zero-order valence-electron chi connectivity index (χ0n) is 10.6. The van der Waals surface area contributed by atoms with Crippen LogP contribution in [-0.2, 0) is 14.3 Å². The van der Waals surface area contributed by atoms with Crippen LogP contribution in [0.4, 0.5) is 0 Å². The molecule has 1 fully saturated rings. The van der Waals surface area contributed by atoms with Crippen molar-refractivity contribution < 1.29 is 14.3 Å². The molecule has 0 aliphatic carbocycles. The Labute approximate surface area is 97.9 Å². The number of hydrogen-bond donors (Lipinski definition) is 0. The molecule has 0 spiro atoms. The number of carbonyl (C=O) groups is 1. The van der Waals surface area contributed by atoms with Crippen molar-refractivity contribution in [3.05, 3.63) is 0 Å². The third-order valence-corrected chi connectivity index (χ3v) is 3.05. The van der Waals surface area contributed by atoms with Crippen molar-refractivity contribution >= 4 is 5.97 Å². The topological polar surface area (TPSA) is 38.8 Å². The summed E-state index contributed by atoms with van der Waals surface area (Å²) in [5.41, 5.74) is 0. The summed E-state index contributed by atoms with van der Waals surface area (Å²) in [5.74, 6) is -0.114. The molecule has 1 aliphatic heterocycles. The van der Waals surface area contributed by atoms with E-state index in [2.05, 4.69) is 4.90 Å². The molecule has 1 heterocycles. The Balaban J connectivity index is 2.32. The molecule has 0 aromatic heterocycles. The van der Waals surface area contributed by atoms with Gasteiger partial charge < -0.3 is 9.47 Å². The molecule has 0 saturated carbocycles. The number of ether oxygens (including phenoxy) is 2. The second-order valence-corrected chi connectivity index (χ2v) is 4.12. The molecule has 0 aromatic carbocycles. The van der Waals surface area contributed by atoms with Gasteiger partial charge in [-0.3, -0.25) is 9.69 Å². The summed E-state index contributed by atoms with van der Waals surface area (Å²) in [7, 11) is 0. The monoisotopic (exact) mass is 229 g/mol. The Morgan fingerprint density at radius 3 is 2.44 bits per heavy atom. The largest absolute Gasteiger partial charge is 0.465 e. The minimum absolute atomic E-state index is 0.114. The Morgan fingerprint density at radius 2 is 1.94 bits per heavy atom. The van der Waals surface area contributed by atoms with Gasteiger partial charge in [0.2, 0.25) is 0 Å². The first-order valence-electron chi connectivity index (χ1n) is 6.21. The normalized spacial score (nSPS) is 20.7. The highest BCUT2D eigenvalue weighted by molar-refractivity contribution is 5.75. The molecule has 1 rings (SSSR count). The summed E-state index contributed by atoms with van der Waals surface area (Å²) in [6, 6.07) is -0.123. The molecule has 1 aliphatic rings. The van der Waals surface area contributed by atoms with Crippen molar-refractivity contribution in [1.82, 2.24) is 4.90 Å². The lowest BCUT2D eigenvalue weighted by molar-refractivity contribution is -0.149. The molecule has 0 aromatic rings. The fourth-order valence-corrected chi connectivity index (χ4v) is 2.08. The Kier molecular flexibility index (Phi) is 5.77. The Morgan fingerprint density at radius 1 is 1.31 bits per heavy atom. The van der Waals surface area contributed by atoms with Gasteiger partial charge in [0.1, 0.15) is 6.04 Å². The highest BCUT2D eigenvalue weighted by Gasteiger charge is 2.27. The molecule has 0 radical (unpaired) electrons. The maximum Gasteiger partial charge on any atom is 0.323 e. The minimum Gasteiger partial charge on any atom is -0.465 e. The number of hydrogen-bond acceptors (Lipinski definition) is 4. The zero-order chi connectivity index (χ0) is 12.0. The molecule has 1 atom stereocenters. The van der Waals surface area contributed by atoms with Crippen molar-refractivity contribution in [2.24, 2.45) is 0 Å². The third kappa shape index (κ3) is 3.76. The van der Waals surface area contributed by atoms with Gasteiger partial charge in [-0.25, -0.2) is 0 Å². The predicted octanol–water partition coefficient (Wildman–Crippen LogP) is 1.44. The van der Waals surface area contributed by atoms with Crippen LogP contribution in [0.5, 0.6) is 0 Å². The van der Waals surface area contributed by atoms with Gasteiger partial charge in [-0.15, -0.1) is 0 Å². The molecule has 0 bridgehead atoms. The van der Waals surface area contributed by atoms with Crippen molar-refractivity contribution in [2.45, 2.75) is 45.8 Å². The maximum atomic E-state index is 11.6. The van der Waals surface area contributed by atoms with Crippen molar-refractivity contribution in [1.29, 1.82) is 0 Å². The first-order valence-corrected chi connectivity index (χ1v) is 6.21. The van der Waals surface area contributed by atoms with Gasteiger partial charge in [-0.1, -0.05) is 0 Å². The summed E-state index contributed by atoms with van der Waals surface area (Å²) in [4.78, 5) is 13.7. The van der Waals surface area contributed by atoms with E-state index in [-0.39, 0.29) is 12.0 Å². The van der Waals surface area contributed by atoms with Crippen molar-refractivity contribution in [2.75, 3.05) is 26.3 Å². The van der Waals surface area contributed by atoms with Gasteiger partial charge >= 0.3 is 5.97 Å². The Hall–Kier alpha value is -0.610. The average Bonchev–Trinajstić information content (AvgIpc) is 2.30. The summed E-state index contributed by atoms with van der Waals surface area (Å²) in [6.45, 7) is 8.85. The zero-order valence-corrected chi connectivity index (χ0v) is 10.6. The molecule has 0 amide bonds. The van der Waals surface area contributed by atoms with Crippen LogP contribution in [0.25, 0.3) is 0 Å². The summed E-state index contributed by atoms with van der Waals surface area (Å²) in [6.07, 6.45) is 2.39. The highest BCUT2D eigenvalue weighted by atomic mass is 16.5. The van der Waals surface area contributed by atoms with E-state index in [9.17, 15) is 4.79 Å². The maximum absolute atomic E-state index is 11.6. The smallest absolute Gasteiger partial charge is 0.323 e. The van der Waals surface area contributed by atoms with Crippen LogP contribution in [0.2, 0.25) is 0 Å². The number of rotatable bonds is 5. The molecule has 94 valence electrons. The highest BCUT2D eigenvalue weighted by Crippen LogP contribution is 2.16. The van der Waals surface area contributed by atoms with Crippen LogP contribution in [0.1, 0.15) is 33.6 Å². The molecule has 4 heteroatoms. The van der Waals surface area contributed by atoms with Crippen LogP contribution in [0.15, 0.2) is 0 Å². The second kappa shape index (κ2) is 6.86. The molecule has 1 saturated heterocycles. The summed E-state index contributed by atoms with van der Waals surface area (Å²) in [5, 5.41) is 0. The molecular formula is C12H23NO3. The first-order chi connectivity index (χ1) is 7.69. The lowest BCUT2D eigenvalue weighted by atomic mass is 10.1. The Bertz CT molecular complexity index is 212. The third-order valence-electron chi connectivity index (χ3n) is 3.05. The van der Waals surface area contributed by atoms with E-state index < -0.39 is 0 Å². The molecule has 0 N–H and O–H groups in total. The fourth-order valence-electron chi connectivity index (χ4n) is 2.08. The fraction of sp³-hybridized carbons (Fsp3) is 0.917. The minimum atomic E-state index is -0.123. The van der Waals surface area contributed by atoms with Crippen LogP contribution < -0.4 is 0 Å². The van der Waals surface area contributed by atoms with Crippen LogP contribution in [0, 0.1) is 0 Å². The van der Waals surface area contributed by atoms with Gasteiger partial charge in [0.25, 0.3) is 0 Å². The molecule has 4 nitrogen and oxygen atoms in total. The van der Waals surface area contributed by atoms with Crippen molar-refractivity contribution in [3.8, 4) is 0 Å². The van der Waals surface area contributed by atoms with Gasteiger partial charge in [0.15, 0.2) is 0 Å². The molecular weight excluding hydrogens is 206 g/mol. The summed E-state index contributed by atoms with van der Waals surface area (Å²) >= 11 is 0. The van der Waals surface area contributed by atoms with Crippen molar-refractivity contribution in [3.63, 3.8) is 0 Å². The number of carbonyl (C=O) groups excluding carboxylic acids is 1. The average molecular weight is 229 g/mol. The quantitative estimate of drug-likeness (QED) is 0.669. The van der Waals surface area contributed by atoms with Crippen LogP contribution in [0.3, 0.4) is 0 Å². The van der Waals surface area contributed by atoms with Gasteiger partial charge in [0, 0.05) is 19.7 Å². The van der Waals surface area contributed by atoms with Gasteiger partial charge in [0.05, 0.1) is 12.7 Å². The number of nitrogens with zero attached hydrogens (tertiary/aromatic N) is 1.